The molecule has 0 aliphatic rings. The highest BCUT2D eigenvalue weighted by Crippen LogP contribution is 2.16. The monoisotopic (exact) mass is 223 g/mol. The normalized spacial score (nSPS) is 10.6. The Labute approximate surface area is 93.7 Å². The summed E-state index contributed by atoms with van der Waals surface area (Å²) in [6.07, 6.45) is 2.80. The molecule has 0 fully saturated rings. The van der Waals surface area contributed by atoms with E-state index in [2.05, 4.69) is 0 Å². The number of nitrogen functional groups attached to an aromatic ring is 1. The Kier molecular flexibility index (Phi) is 4.51. The number of carbonyl (C=O) groups excluding carboxylic acids is 1. The lowest BCUT2D eigenvalue weighted by molar-refractivity contribution is -0.137. The number of carbonyl (C=O) groups is 1. The molecule has 0 radical (unpaired) electrons. The number of hydrogen-bond acceptors (Lipinski definition) is 3. The smallest absolute Gasteiger partial charge is 0.330 e. The SMILES string of the molecule is CCOC(=O)/C=C/c1cc(CF)ccc1N. The Hall–Kier alpha value is -1.84. The summed E-state index contributed by atoms with van der Waals surface area (Å²) in [7, 11) is 0. The van der Waals surface area contributed by atoms with Gasteiger partial charge in [-0.2, -0.15) is 0 Å². The standard InChI is InChI=1S/C12H14FNO2/c1-2-16-12(15)6-4-10-7-9(8-13)3-5-11(10)14/h3-7H,2,8,14H2,1H3/b6-4+. The minimum atomic E-state index is -0.555. The van der Waals surface area contributed by atoms with E-state index < -0.39 is 12.6 Å². The van der Waals surface area contributed by atoms with Gasteiger partial charge in [0.2, 0.25) is 0 Å². The van der Waals surface area contributed by atoms with Crippen LogP contribution < -0.4 is 5.73 Å². The Balaban J connectivity index is 2.83. The van der Waals surface area contributed by atoms with Crippen molar-refractivity contribution in [1.29, 1.82) is 0 Å². The lowest BCUT2D eigenvalue weighted by atomic mass is 10.1. The van der Waals surface area contributed by atoms with Crippen molar-refractivity contribution in [2.24, 2.45) is 0 Å². The number of alkyl halides is 1. The molecule has 0 spiro atoms. The quantitative estimate of drug-likeness (QED) is 0.484. The average molecular weight is 223 g/mol. The summed E-state index contributed by atoms with van der Waals surface area (Å²) >= 11 is 0. The second kappa shape index (κ2) is 5.90. The van der Waals surface area contributed by atoms with Crippen LogP contribution in [-0.2, 0) is 16.2 Å². The number of hydrogen-bond donors (Lipinski definition) is 1. The molecule has 0 atom stereocenters. The molecular weight excluding hydrogens is 209 g/mol. The number of anilines is 1. The van der Waals surface area contributed by atoms with Crippen molar-refractivity contribution in [1.82, 2.24) is 0 Å². The lowest BCUT2D eigenvalue weighted by Gasteiger charge is -2.02. The first kappa shape index (κ1) is 12.2. The fourth-order valence-corrected chi connectivity index (χ4v) is 1.20. The van der Waals surface area contributed by atoms with Crippen LogP contribution in [0.5, 0.6) is 0 Å². The van der Waals surface area contributed by atoms with Crippen LogP contribution in [0.25, 0.3) is 6.08 Å². The summed E-state index contributed by atoms with van der Waals surface area (Å²) in [5, 5.41) is 0. The number of halogens is 1. The molecule has 0 saturated heterocycles. The molecule has 0 bridgehead atoms. The largest absolute Gasteiger partial charge is 0.463 e. The maximum atomic E-state index is 12.4. The number of esters is 1. The van der Waals surface area contributed by atoms with Crippen molar-refractivity contribution >= 4 is 17.7 Å². The summed E-state index contributed by atoms with van der Waals surface area (Å²) < 4.78 is 17.1. The van der Waals surface area contributed by atoms with Gasteiger partial charge in [0.25, 0.3) is 0 Å². The van der Waals surface area contributed by atoms with Gasteiger partial charge in [0.05, 0.1) is 6.61 Å². The zero-order chi connectivity index (χ0) is 12.0. The highest BCUT2D eigenvalue weighted by molar-refractivity contribution is 5.88. The van der Waals surface area contributed by atoms with Crippen LogP contribution in [0.2, 0.25) is 0 Å². The van der Waals surface area contributed by atoms with Gasteiger partial charge >= 0.3 is 5.97 Å². The molecule has 4 heteroatoms. The van der Waals surface area contributed by atoms with Crippen molar-refractivity contribution in [2.75, 3.05) is 12.3 Å². The first-order valence-corrected chi connectivity index (χ1v) is 4.96. The third-order valence-corrected chi connectivity index (χ3v) is 1.99. The van der Waals surface area contributed by atoms with Gasteiger partial charge in [-0.25, -0.2) is 9.18 Å². The topological polar surface area (TPSA) is 52.3 Å². The summed E-state index contributed by atoms with van der Waals surface area (Å²) in [5.41, 5.74) is 7.32. The molecule has 1 aromatic carbocycles. The van der Waals surface area contributed by atoms with E-state index in [1.807, 2.05) is 0 Å². The molecular formula is C12H14FNO2. The summed E-state index contributed by atoms with van der Waals surface area (Å²) in [6, 6.07) is 4.82. The molecule has 0 aliphatic carbocycles. The fraction of sp³-hybridized carbons (Fsp3) is 0.250. The van der Waals surface area contributed by atoms with Crippen molar-refractivity contribution in [2.45, 2.75) is 13.6 Å². The molecule has 3 nitrogen and oxygen atoms in total. The van der Waals surface area contributed by atoms with E-state index >= 15 is 0 Å². The van der Waals surface area contributed by atoms with Crippen LogP contribution >= 0.6 is 0 Å². The molecule has 2 N–H and O–H groups in total. The lowest BCUT2D eigenvalue weighted by Crippen LogP contribution is -1.99. The van der Waals surface area contributed by atoms with Crippen LogP contribution in [0, 0.1) is 0 Å². The van der Waals surface area contributed by atoms with Gasteiger partial charge < -0.3 is 10.5 Å². The van der Waals surface area contributed by atoms with Gasteiger partial charge in [-0.1, -0.05) is 6.07 Å². The summed E-state index contributed by atoms with van der Waals surface area (Å²) in [4.78, 5) is 11.1. The fourth-order valence-electron chi connectivity index (χ4n) is 1.20. The van der Waals surface area contributed by atoms with Crippen LogP contribution in [0.1, 0.15) is 18.1 Å². The first-order chi connectivity index (χ1) is 7.67. The summed E-state index contributed by atoms with van der Waals surface area (Å²) in [5.74, 6) is -0.437. The van der Waals surface area contributed by atoms with E-state index in [1.165, 1.54) is 12.2 Å². The Bertz CT molecular complexity index is 402. The maximum absolute atomic E-state index is 12.4. The number of nitrogens with two attached hydrogens (primary N) is 1. The maximum Gasteiger partial charge on any atom is 0.330 e. The molecule has 1 aromatic rings. The van der Waals surface area contributed by atoms with Gasteiger partial charge in [-0.15, -0.1) is 0 Å². The van der Waals surface area contributed by atoms with E-state index in [-0.39, 0.29) is 0 Å². The molecule has 0 amide bonds. The van der Waals surface area contributed by atoms with Gasteiger partial charge in [0.1, 0.15) is 6.67 Å². The van der Waals surface area contributed by atoms with Gasteiger partial charge in [-0.05, 0) is 36.3 Å². The minimum Gasteiger partial charge on any atom is -0.463 e. The number of benzene rings is 1. The van der Waals surface area contributed by atoms with E-state index in [0.29, 0.717) is 23.4 Å². The average Bonchev–Trinajstić information content (AvgIpc) is 2.28. The highest BCUT2D eigenvalue weighted by atomic mass is 19.1. The van der Waals surface area contributed by atoms with E-state index in [1.54, 1.807) is 25.1 Å². The second-order valence-corrected chi connectivity index (χ2v) is 3.18. The molecule has 86 valence electrons. The molecule has 0 aliphatic heterocycles. The predicted molar refractivity (Wildman–Crippen MR) is 61.3 cm³/mol. The van der Waals surface area contributed by atoms with Crippen LogP contribution in [0.4, 0.5) is 10.1 Å². The van der Waals surface area contributed by atoms with Gasteiger partial charge in [-0.3, -0.25) is 0 Å². The zero-order valence-corrected chi connectivity index (χ0v) is 9.07. The predicted octanol–water partition coefficient (Wildman–Crippen LogP) is 2.31. The second-order valence-electron chi connectivity index (χ2n) is 3.18. The molecule has 1 rings (SSSR count). The van der Waals surface area contributed by atoms with Crippen LogP contribution in [0.3, 0.4) is 0 Å². The van der Waals surface area contributed by atoms with Gasteiger partial charge in [0.15, 0.2) is 0 Å². The number of rotatable bonds is 4. The molecule has 0 aromatic heterocycles. The first-order valence-electron chi connectivity index (χ1n) is 4.96. The third kappa shape index (κ3) is 3.38. The van der Waals surface area contributed by atoms with Crippen molar-refractivity contribution < 1.29 is 13.9 Å². The Morgan fingerprint density at radius 3 is 2.94 bits per heavy atom. The van der Waals surface area contributed by atoms with Crippen LogP contribution in [-0.4, -0.2) is 12.6 Å². The van der Waals surface area contributed by atoms with E-state index in [4.69, 9.17) is 10.5 Å². The molecule has 0 unspecified atom stereocenters. The molecule has 16 heavy (non-hydrogen) atoms. The Morgan fingerprint density at radius 1 is 1.56 bits per heavy atom. The van der Waals surface area contributed by atoms with Crippen LogP contribution in [0.15, 0.2) is 24.3 Å². The van der Waals surface area contributed by atoms with Gasteiger partial charge in [0, 0.05) is 11.8 Å². The van der Waals surface area contributed by atoms with E-state index in [9.17, 15) is 9.18 Å². The van der Waals surface area contributed by atoms with Crippen molar-refractivity contribution in [3.8, 4) is 0 Å². The Morgan fingerprint density at radius 2 is 2.31 bits per heavy atom. The highest BCUT2D eigenvalue weighted by Gasteiger charge is 1.99. The minimum absolute atomic E-state index is 0.323. The molecule has 0 saturated carbocycles. The summed E-state index contributed by atoms with van der Waals surface area (Å²) in [6.45, 7) is 1.49. The molecule has 0 heterocycles. The number of ether oxygens (including phenoxy) is 1. The van der Waals surface area contributed by atoms with Crippen molar-refractivity contribution in [3.05, 3.63) is 35.4 Å². The van der Waals surface area contributed by atoms with Crippen molar-refractivity contribution in [3.63, 3.8) is 0 Å². The zero-order valence-electron chi connectivity index (χ0n) is 9.07. The van der Waals surface area contributed by atoms with E-state index in [0.717, 1.165) is 0 Å². The third-order valence-electron chi connectivity index (χ3n) is 1.99.